The molecule has 21 heavy (non-hydrogen) atoms. The summed E-state index contributed by atoms with van der Waals surface area (Å²) in [6.45, 7) is 2.59. The zero-order valence-electron chi connectivity index (χ0n) is 12.0. The topological polar surface area (TPSA) is 66.6 Å². The second-order valence-electron chi connectivity index (χ2n) is 5.44. The molecule has 5 nitrogen and oxygen atoms in total. The number of sulfonamides is 1. The van der Waals surface area contributed by atoms with Crippen LogP contribution in [-0.2, 0) is 10.0 Å². The van der Waals surface area contributed by atoms with Crippen LogP contribution in [0.4, 0.5) is 5.69 Å². The molecule has 0 bridgehead atoms. The third-order valence-corrected chi connectivity index (χ3v) is 5.90. The average Bonchev–Trinajstić information content (AvgIpc) is 2.46. The molecular formula is C15H19N3O2S. The van der Waals surface area contributed by atoms with E-state index in [1.54, 1.807) is 34.6 Å². The maximum Gasteiger partial charge on any atom is 0.243 e. The van der Waals surface area contributed by atoms with E-state index in [4.69, 9.17) is 5.73 Å². The van der Waals surface area contributed by atoms with Gasteiger partial charge in [-0.15, -0.1) is 0 Å². The summed E-state index contributed by atoms with van der Waals surface area (Å²) >= 11 is 0. The van der Waals surface area contributed by atoms with E-state index in [1.165, 1.54) is 0 Å². The highest BCUT2D eigenvalue weighted by molar-refractivity contribution is 7.89. The van der Waals surface area contributed by atoms with Gasteiger partial charge in [-0.25, -0.2) is 8.42 Å². The van der Waals surface area contributed by atoms with Crippen molar-refractivity contribution in [3.05, 3.63) is 36.4 Å². The van der Waals surface area contributed by atoms with Crippen LogP contribution >= 0.6 is 0 Å². The van der Waals surface area contributed by atoms with E-state index in [0.717, 1.165) is 23.9 Å². The standard InChI is InChI=1S/C15H19N3O2S/c1-17-7-9-18(10-8-17)21(19,20)15-4-2-3-12-11-13(16)5-6-14(12)15/h2-6,11H,7-10,16H2,1H3. The van der Waals surface area contributed by atoms with Crippen molar-refractivity contribution in [1.29, 1.82) is 0 Å². The van der Waals surface area contributed by atoms with Crippen molar-refractivity contribution in [2.45, 2.75) is 4.90 Å². The lowest BCUT2D eigenvalue weighted by molar-refractivity contribution is 0.222. The Morgan fingerprint density at radius 3 is 2.48 bits per heavy atom. The maximum atomic E-state index is 12.9. The molecule has 1 heterocycles. The Labute approximate surface area is 125 Å². The third kappa shape index (κ3) is 2.62. The number of nitrogen functional groups attached to an aromatic ring is 1. The minimum atomic E-state index is -3.46. The fraction of sp³-hybridized carbons (Fsp3) is 0.333. The Hall–Kier alpha value is -1.63. The van der Waals surface area contributed by atoms with Gasteiger partial charge >= 0.3 is 0 Å². The predicted molar refractivity (Wildman–Crippen MR) is 84.6 cm³/mol. The quantitative estimate of drug-likeness (QED) is 0.851. The number of likely N-dealkylation sites (N-methyl/N-ethyl adjacent to an activating group) is 1. The molecule has 0 spiro atoms. The second-order valence-corrected chi connectivity index (χ2v) is 7.35. The van der Waals surface area contributed by atoms with E-state index in [2.05, 4.69) is 4.90 Å². The van der Waals surface area contributed by atoms with Gasteiger partial charge in [-0.05, 0) is 30.6 Å². The predicted octanol–water partition coefficient (Wildman–Crippen LogP) is 1.36. The van der Waals surface area contributed by atoms with Crippen molar-refractivity contribution in [2.75, 3.05) is 39.0 Å². The highest BCUT2D eigenvalue weighted by atomic mass is 32.2. The first-order valence-corrected chi connectivity index (χ1v) is 8.39. The van der Waals surface area contributed by atoms with Gasteiger partial charge in [-0.2, -0.15) is 4.31 Å². The number of piperazine rings is 1. The lowest BCUT2D eigenvalue weighted by Gasteiger charge is -2.31. The zero-order valence-corrected chi connectivity index (χ0v) is 12.8. The van der Waals surface area contributed by atoms with Gasteiger partial charge in [0.05, 0.1) is 4.90 Å². The van der Waals surface area contributed by atoms with Crippen LogP contribution in [0.15, 0.2) is 41.3 Å². The molecule has 3 rings (SSSR count). The third-order valence-electron chi connectivity index (χ3n) is 3.94. The van der Waals surface area contributed by atoms with Gasteiger partial charge in [0.15, 0.2) is 0 Å². The molecule has 0 radical (unpaired) electrons. The lowest BCUT2D eigenvalue weighted by Crippen LogP contribution is -2.47. The summed E-state index contributed by atoms with van der Waals surface area (Å²) < 4.78 is 27.3. The molecule has 0 aromatic heterocycles. The molecular weight excluding hydrogens is 286 g/mol. The highest BCUT2D eigenvalue weighted by Crippen LogP contribution is 2.27. The molecule has 1 saturated heterocycles. The van der Waals surface area contributed by atoms with Crippen LogP contribution in [0.2, 0.25) is 0 Å². The van der Waals surface area contributed by atoms with Gasteiger partial charge in [-0.3, -0.25) is 0 Å². The Bertz CT molecular complexity index is 766. The fourth-order valence-corrected chi connectivity index (χ4v) is 4.30. The maximum absolute atomic E-state index is 12.9. The number of benzene rings is 2. The lowest BCUT2D eigenvalue weighted by atomic mass is 10.1. The molecule has 0 amide bonds. The molecule has 0 saturated carbocycles. The number of anilines is 1. The number of nitrogens with zero attached hydrogens (tertiary/aromatic N) is 2. The van der Waals surface area contributed by atoms with Crippen LogP contribution in [0, 0.1) is 0 Å². The van der Waals surface area contributed by atoms with Crippen LogP contribution in [0.3, 0.4) is 0 Å². The number of fused-ring (bicyclic) bond motifs is 1. The first-order valence-electron chi connectivity index (χ1n) is 6.95. The van der Waals surface area contributed by atoms with Crippen molar-refractivity contribution in [2.24, 2.45) is 0 Å². The van der Waals surface area contributed by atoms with Crippen molar-refractivity contribution in [3.63, 3.8) is 0 Å². The van der Waals surface area contributed by atoms with Crippen LogP contribution < -0.4 is 5.73 Å². The van der Waals surface area contributed by atoms with E-state index in [0.29, 0.717) is 23.7 Å². The molecule has 2 N–H and O–H groups in total. The molecule has 1 fully saturated rings. The summed E-state index contributed by atoms with van der Waals surface area (Å²) in [4.78, 5) is 2.50. The van der Waals surface area contributed by atoms with Gasteiger partial charge in [0.2, 0.25) is 10.0 Å². The molecule has 1 aliphatic heterocycles. The Morgan fingerprint density at radius 1 is 1.05 bits per heavy atom. The minimum absolute atomic E-state index is 0.365. The number of hydrogen-bond acceptors (Lipinski definition) is 4. The van der Waals surface area contributed by atoms with Crippen molar-refractivity contribution in [3.8, 4) is 0 Å². The summed E-state index contributed by atoms with van der Waals surface area (Å²) in [5.74, 6) is 0. The van der Waals surface area contributed by atoms with Gasteiger partial charge in [-0.1, -0.05) is 18.2 Å². The number of nitrogens with two attached hydrogens (primary N) is 1. The minimum Gasteiger partial charge on any atom is -0.399 e. The van der Waals surface area contributed by atoms with Crippen molar-refractivity contribution in [1.82, 2.24) is 9.21 Å². The average molecular weight is 305 g/mol. The van der Waals surface area contributed by atoms with Gasteiger partial charge in [0.25, 0.3) is 0 Å². The summed E-state index contributed by atoms with van der Waals surface area (Å²) in [5, 5.41) is 1.58. The molecule has 2 aromatic rings. The van der Waals surface area contributed by atoms with E-state index in [1.807, 2.05) is 13.1 Å². The van der Waals surface area contributed by atoms with Crippen molar-refractivity contribution < 1.29 is 8.42 Å². The molecule has 112 valence electrons. The molecule has 0 atom stereocenters. The number of hydrogen-bond donors (Lipinski definition) is 1. The first kappa shape index (κ1) is 14.3. The number of rotatable bonds is 2. The van der Waals surface area contributed by atoms with Crippen LogP contribution in [0.5, 0.6) is 0 Å². The summed E-state index contributed by atoms with van der Waals surface area (Å²) in [5.41, 5.74) is 6.41. The first-order chi connectivity index (χ1) is 9.98. The fourth-order valence-electron chi connectivity index (χ4n) is 2.66. The molecule has 0 unspecified atom stereocenters. The van der Waals surface area contributed by atoms with Crippen molar-refractivity contribution >= 4 is 26.5 Å². The van der Waals surface area contributed by atoms with E-state index >= 15 is 0 Å². The highest BCUT2D eigenvalue weighted by Gasteiger charge is 2.28. The smallest absolute Gasteiger partial charge is 0.243 e. The normalized spacial score (nSPS) is 18.1. The second kappa shape index (κ2) is 5.29. The summed E-state index contributed by atoms with van der Waals surface area (Å²) in [6.07, 6.45) is 0. The van der Waals surface area contributed by atoms with Gasteiger partial charge in [0.1, 0.15) is 0 Å². The van der Waals surface area contributed by atoms with Crippen LogP contribution in [-0.4, -0.2) is 50.8 Å². The summed E-state index contributed by atoms with van der Waals surface area (Å²) in [7, 11) is -1.45. The largest absolute Gasteiger partial charge is 0.399 e. The zero-order chi connectivity index (χ0) is 15.0. The molecule has 1 aliphatic rings. The van der Waals surface area contributed by atoms with Crippen LogP contribution in [0.25, 0.3) is 10.8 Å². The monoisotopic (exact) mass is 305 g/mol. The Kier molecular flexibility index (Phi) is 3.61. The SMILES string of the molecule is CN1CCN(S(=O)(=O)c2cccc3cc(N)ccc23)CC1. The molecule has 2 aromatic carbocycles. The van der Waals surface area contributed by atoms with E-state index in [9.17, 15) is 8.42 Å². The Balaban J connectivity index is 2.07. The molecule has 6 heteroatoms. The molecule has 0 aliphatic carbocycles. The van der Waals surface area contributed by atoms with Crippen LogP contribution in [0.1, 0.15) is 0 Å². The Morgan fingerprint density at radius 2 is 1.76 bits per heavy atom. The van der Waals surface area contributed by atoms with Gasteiger partial charge in [0, 0.05) is 37.3 Å². The summed E-state index contributed by atoms with van der Waals surface area (Å²) in [6, 6.07) is 10.7. The van der Waals surface area contributed by atoms with E-state index < -0.39 is 10.0 Å². The van der Waals surface area contributed by atoms with Gasteiger partial charge < -0.3 is 10.6 Å². The van der Waals surface area contributed by atoms with E-state index in [-0.39, 0.29) is 0 Å².